The molecule has 0 saturated heterocycles. The standard InChI is InChI=1S/C33H43N3O4/c1-9-33(7,8)36-31(40)29-27(21(3)38)26(20(2)37)28(29)30(39)35-25-16-14-24(15-17-25)34-19-18-22-10-12-23(13-11-22)32(4,5)6/h10-19,26-29,34H,9H2,1-8H3,(H,35,39)(H,36,40)/b19-18+. The number of rotatable bonds is 10. The van der Waals surface area contributed by atoms with Crippen LogP contribution in [0.5, 0.6) is 0 Å². The predicted octanol–water partition coefficient (Wildman–Crippen LogP) is 5.97. The molecular formula is C33H43N3O4. The summed E-state index contributed by atoms with van der Waals surface area (Å²) in [6.07, 6.45) is 4.52. The molecule has 3 N–H and O–H groups in total. The van der Waals surface area contributed by atoms with E-state index in [4.69, 9.17) is 0 Å². The van der Waals surface area contributed by atoms with Gasteiger partial charge in [-0.2, -0.15) is 0 Å². The molecule has 2 amide bonds. The molecule has 1 aliphatic rings. The molecule has 7 heteroatoms. The lowest BCUT2D eigenvalue weighted by Crippen LogP contribution is -2.63. The summed E-state index contributed by atoms with van der Waals surface area (Å²) in [4.78, 5) is 51.4. The Morgan fingerprint density at radius 3 is 1.70 bits per heavy atom. The van der Waals surface area contributed by atoms with Crippen LogP contribution in [0.2, 0.25) is 0 Å². The Morgan fingerprint density at radius 1 is 0.725 bits per heavy atom. The van der Waals surface area contributed by atoms with Gasteiger partial charge in [0.05, 0.1) is 11.8 Å². The molecule has 0 bridgehead atoms. The van der Waals surface area contributed by atoms with E-state index in [9.17, 15) is 19.2 Å². The fourth-order valence-electron chi connectivity index (χ4n) is 5.12. The number of hydrogen-bond acceptors (Lipinski definition) is 5. The van der Waals surface area contributed by atoms with E-state index in [1.807, 2.05) is 45.2 Å². The van der Waals surface area contributed by atoms with Gasteiger partial charge in [0.25, 0.3) is 0 Å². The zero-order chi connectivity index (χ0) is 29.8. The summed E-state index contributed by atoms with van der Waals surface area (Å²) >= 11 is 0. The van der Waals surface area contributed by atoms with E-state index >= 15 is 0 Å². The monoisotopic (exact) mass is 545 g/mol. The summed E-state index contributed by atoms with van der Waals surface area (Å²) in [5, 5.41) is 9.02. The van der Waals surface area contributed by atoms with Crippen LogP contribution in [0.15, 0.2) is 54.7 Å². The van der Waals surface area contributed by atoms with Crippen molar-refractivity contribution >= 4 is 40.8 Å². The molecule has 7 nitrogen and oxygen atoms in total. The van der Waals surface area contributed by atoms with Gasteiger partial charge in [-0.25, -0.2) is 0 Å². The Kier molecular flexibility index (Phi) is 9.39. The second-order valence-electron chi connectivity index (χ2n) is 12.5. The number of nitrogens with one attached hydrogen (secondary N) is 3. The van der Waals surface area contributed by atoms with Crippen LogP contribution in [0.25, 0.3) is 6.08 Å². The maximum atomic E-state index is 13.3. The van der Waals surface area contributed by atoms with Crippen LogP contribution in [0.3, 0.4) is 0 Å². The summed E-state index contributed by atoms with van der Waals surface area (Å²) in [7, 11) is 0. The number of carbonyl (C=O) groups excluding carboxylic acids is 4. The molecule has 1 fully saturated rings. The van der Waals surface area contributed by atoms with E-state index in [1.165, 1.54) is 19.4 Å². The highest BCUT2D eigenvalue weighted by atomic mass is 16.2. The van der Waals surface area contributed by atoms with Crippen LogP contribution in [0, 0.1) is 23.7 Å². The molecule has 40 heavy (non-hydrogen) atoms. The molecule has 1 aliphatic carbocycles. The zero-order valence-electron chi connectivity index (χ0n) is 24.9. The van der Waals surface area contributed by atoms with Gasteiger partial charge >= 0.3 is 0 Å². The first-order valence-electron chi connectivity index (χ1n) is 13.9. The first kappa shape index (κ1) is 30.8. The van der Waals surface area contributed by atoms with Crippen LogP contribution in [-0.4, -0.2) is 28.9 Å². The molecule has 0 heterocycles. The van der Waals surface area contributed by atoms with Crippen LogP contribution >= 0.6 is 0 Å². The van der Waals surface area contributed by atoms with Crippen LogP contribution in [0.1, 0.15) is 72.9 Å². The lowest BCUT2D eigenvalue weighted by molar-refractivity contribution is -0.163. The summed E-state index contributed by atoms with van der Waals surface area (Å²) in [6, 6.07) is 15.6. The van der Waals surface area contributed by atoms with Crippen LogP contribution < -0.4 is 16.0 Å². The van der Waals surface area contributed by atoms with Crippen LogP contribution in [-0.2, 0) is 24.6 Å². The maximum Gasteiger partial charge on any atom is 0.229 e. The number of ketones is 2. The summed E-state index contributed by atoms with van der Waals surface area (Å²) in [5.74, 6) is -4.75. The molecule has 214 valence electrons. The summed E-state index contributed by atoms with van der Waals surface area (Å²) in [6.45, 7) is 15.0. The SMILES string of the molecule is CCC(C)(C)NC(=O)C1C(C(C)=O)C(C(C)=O)C1C(=O)Nc1ccc(N/C=C/c2ccc(C(C)(C)C)cc2)cc1. The molecule has 0 spiro atoms. The first-order chi connectivity index (χ1) is 18.6. The third-order valence-corrected chi connectivity index (χ3v) is 7.89. The van der Waals surface area contributed by atoms with Crippen molar-refractivity contribution < 1.29 is 19.2 Å². The molecule has 0 aromatic heterocycles. The maximum absolute atomic E-state index is 13.3. The molecule has 2 aromatic carbocycles. The third kappa shape index (κ3) is 7.26. The lowest BCUT2D eigenvalue weighted by Gasteiger charge is -2.48. The quantitative estimate of drug-likeness (QED) is 0.341. The fraction of sp³-hybridized carbons (Fsp3) is 0.455. The first-order valence-corrected chi connectivity index (χ1v) is 13.9. The topological polar surface area (TPSA) is 104 Å². The Hall–Kier alpha value is -3.74. The van der Waals surface area contributed by atoms with Gasteiger partial charge in [0.15, 0.2) is 0 Å². The average molecular weight is 546 g/mol. The fourth-order valence-corrected chi connectivity index (χ4v) is 5.12. The molecule has 3 rings (SSSR count). The van der Waals surface area contributed by atoms with Crippen molar-refractivity contribution in [3.05, 3.63) is 65.9 Å². The van der Waals surface area contributed by atoms with Crippen molar-refractivity contribution in [2.75, 3.05) is 10.6 Å². The predicted molar refractivity (Wildman–Crippen MR) is 161 cm³/mol. The van der Waals surface area contributed by atoms with E-state index < -0.39 is 35.1 Å². The minimum atomic E-state index is -0.913. The number of amides is 2. The van der Waals surface area contributed by atoms with Gasteiger partial charge in [0.1, 0.15) is 11.6 Å². The van der Waals surface area contributed by atoms with E-state index in [-0.39, 0.29) is 22.9 Å². The van der Waals surface area contributed by atoms with Gasteiger partial charge < -0.3 is 16.0 Å². The van der Waals surface area contributed by atoms with Crippen molar-refractivity contribution in [2.45, 2.75) is 72.8 Å². The van der Waals surface area contributed by atoms with E-state index in [2.05, 4.69) is 61.0 Å². The van der Waals surface area contributed by atoms with E-state index in [0.29, 0.717) is 12.1 Å². The largest absolute Gasteiger partial charge is 0.362 e. The Bertz CT molecular complexity index is 1270. The van der Waals surface area contributed by atoms with E-state index in [0.717, 1.165) is 11.3 Å². The van der Waals surface area contributed by atoms with Gasteiger partial charge in [0.2, 0.25) is 11.8 Å². The zero-order valence-corrected chi connectivity index (χ0v) is 24.9. The molecule has 4 atom stereocenters. The minimum absolute atomic E-state index is 0.109. The van der Waals surface area contributed by atoms with Crippen molar-refractivity contribution in [3.8, 4) is 0 Å². The Morgan fingerprint density at radius 2 is 1.23 bits per heavy atom. The smallest absolute Gasteiger partial charge is 0.229 e. The normalized spacial score (nSPS) is 20.9. The second-order valence-corrected chi connectivity index (χ2v) is 12.5. The van der Waals surface area contributed by atoms with Crippen LogP contribution in [0.4, 0.5) is 11.4 Å². The highest BCUT2D eigenvalue weighted by molar-refractivity contribution is 6.05. The second kappa shape index (κ2) is 12.2. The molecule has 1 saturated carbocycles. The van der Waals surface area contributed by atoms with E-state index in [1.54, 1.807) is 12.1 Å². The highest BCUT2D eigenvalue weighted by Crippen LogP contribution is 2.48. The van der Waals surface area contributed by atoms with Crippen molar-refractivity contribution in [3.63, 3.8) is 0 Å². The van der Waals surface area contributed by atoms with Gasteiger partial charge in [-0.3, -0.25) is 19.2 Å². The summed E-state index contributed by atoms with van der Waals surface area (Å²) in [5.41, 5.74) is 3.35. The lowest BCUT2D eigenvalue weighted by atomic mass is 9.53. The van der Waals surface area contributed by atoms with Crippen molar-refractivity contribution in [2.24, 2.45) is 23.7 Å². The number of benzene rings is 2. The molecule has 0 radical (unpaired) electrons. The van der Waals surface area contributed by atoms with Gasteiger partial charge in [-0.05, 0) is 81.0 Å². The number of anilines is 2. The molecule has 4 unspecified atom stereocenters. The minimum Gasteiger partial charge on any atom is -0.362 e. The van der Waals surface area contributed by atoms with Crippen molar-refractivity contribution in [1.82, 2.24) is 5.32 Å². The van der Waals surface area contributed by atoms with Gasteiger partial charge in [-0.15, -0.1) is 0 Å². The number of carbonyl (C=O) groups is 4. The molecule has 2 aromatic rings. The average Bonchev–Trinajstić information content (AvgIpc) is 2.83. The third-order valence-electron chi connectivity index (χ3n) is 7.89. The Balaban J connectivity index is 1.68. The summed E-state index contributed by atoms with van der Waals surface area (Å²) < 4.78 is 0. The van der Waals surface area contributed by atoms with Crippen molar-refractivity contribution in [1.29, 1.82) is 0 Å². The number of hydrogen-bond donors (Lipinski definition) is 3. The Labute approximate surface area is 238 Å². The highest BCUT2D eigenvalue weighted by Gasteiger charge is 2.61. The number of Topliss-reactive ketones (excluding diaryl/α,β-unsaturated/α-hetero) is 2. The molecule has 0 aliphatic heterocycles. The van der Waals surface area contributed by atoms with Gasteiger partial charge in [-0.1, -0.05) is 52.0 Å². The molecular weight excluding hydrogens is 502 g/mol. The van der Waals surface area contributed by atoms with Gasteiger partial charge in [0, 0.05) is 34.9 Å².